The molecule has 0 bridgehead atoms. The zero-order valence-corrected chi connectivity index (χ0v) is 8.69. The van der Waals surface area contributed by atoms with Crippen molar-refractivity contribution < 1.29 is 14.3 Å². The molecule has 1 saturated heterocycles. The van der Waals surface area contributed by atoms with Crippen LogP contribution in [0.3, 0.4) is 0 Å². The van der Waals surface area contributed by atoms with Crippen molar-refractivity contribution in [2.75, 3.05) is 34.2 Å². The SMILES string of the molecule is COCN1CN(C)CN(C(C)=O)C1=O. The number of amides is 3. The van der Waals surface area contributed by atoms with Crippen LogP contribution in [0.1, 0.15) is 6.92 Å². The highest BCUT2D eigenvalue weighted by Crippen LogP contribution is 2.08. The Bertz CT molecular complexity index is 244. The molecule has 14 heavy (non-hydrogen) atoms. The number of urea groups is 1. The Balaban J connectivity index is 2.70. The second kappa shape index (κ2) is 4.39. The fourth-order valence-corrected chi connectivity index (χ4v) is 1.36. The maximum atomic E-state index is 11.6. The van der Waals surface area contributed by atoms with E-state index in [-0.39, 0.29) is 18.7 Å². The van der Waals surface area contributed by atoms with E-state index in [0.717, 1.165) is 0 Å². The second-order valence-corrected chi connectivity index (χ2v) is 3.33. The van der Waals surface area contributed by atoms with E-state index in [4.69, 9.17) is 4.74 Å². The van der Waals surface area contributed by atoms with Gasteiger partial charge in [-0.2, -0.15) is 0 Å². The first kappa shape index (κ1) is 10.9. The van der Waals surface area contributed by atoms with Crippen LogP contribution in [-0.4, -0.2) is 60.9 Å². The van der Waals surface area contributed by atoms with E-state index in [1.807, 2.05) is 11.9 Å². The Labute approximate surface area is 83.0 Å². The predicted molar refractivity (Wildman–Crippen MR) is 49.1 cm³/mol. The van der Waals surface area contributed by atoms with Gasteiger partial charge in [-0.15, -0.1) is 0 Å². The predicted octanol–water partition coefficient (Wildman–Crippen LogP) is -0.279. The molecule has 1 rings (SSSR count). The number of nitrogens with zero attached hydrogens (tertiary/aromatic N) is 3. The summed E-state index contributed by atoms with van der Waals surface area (Å²) in [5.41, 5.74) is 0. The lowest BCUT2D eigenvalue weighted by molar-refractivity contribution is -0.131. The topological polar surface area (TPSA) is 53.1 Å². The van der Waals surface area contributed by atoms with Crippen molar-refractivity contribution in [2.45, 2.75) is 6.92 Å². The van der Waals surface area contributed by atoms with Gasteiger partial charge in [0.15, 0.2) is 0 Å². The fraction of sp³-hybridized carbons (Fsp3) is 0.750. The number of rotatable bonds is 2. The molecule has 0 aliphatic carbocycles. The summed E-state index contributed by atoms with van der Waals surface area (Å²) in [4.78, 5) is 27.3. The molecule has 0 aromatic carbocycles. The van der Waals surface area contributed by atoms with E-state index in [2.05, 4.69) is 0 Å². The lowest BCUT2D eigenvalue weighted by Gasteiger charge is -2.38. The molecule has 1 aliphatic heterocycles. The minimum Gasteiger partial charge on any atom is -0.364 e. The van der Waals surface area contributed by atoms with E-state index >= 15 is 0 Å². The molecule has 3 amide bonds. The lowest BCUT2D eigenvalue weighted by atomic mass is 10.5. The number of methoxy groups -OCH3 is 1. The van der Waals surface area contributed by atoms with Crippen LogP contribution in [0, 0.1) is 0 Å². The first-order valence-corrected chi connectivity index (χ1v) is 4.30. The van der Waals surface area contributed by atoms with Crippen molar-refractivity contribution >= 4 is 11.9 Å². The monoisotopic (exact) mass is 201 g/mol. The van der Waals surface area contributed by atoms with Crippen molar-refractivity contribution in [1.29, 1.82) is 0 Å². The highest BCUT2D eigenvalue weighted by molar-refractivity contribution is 5.93. The summed E-state index contributed by atoms with van der Waals surface area (Å²) in [5.74, 6) is -0.248. The Morgan fingerprint density at radius 3 is 2.64 bits per heavy atom. The van der Waals surface area contributed by atoms with Crippen molar-refractivity contribution in [3.8, 4) is 0 Å². The lowest BCUT2D eigenvalue weighted by Crippen LogP contribution is -2.58. The van der Waals surface area contributed by atoms with E-state index in [0.29, 0.717) is 13.3 Å². The first-order valence-electron chi connectivity index (χ1n) is 4.30. The molecule has 0 spiro atoms. The van der Waals surface area contributed by atoms with Gasteiger partial charge < -0.3 is 4.74 Å². The largest absolute Gasteiger partial charge is 0.364 e. The normalized spacial score (nSPS) is 18.9. The molecule has 0 radical (unpaired) electrons. The van der Waals surface area contributed by atoms with Crippen LogP contribution in [0.4, 0.5) is 4.79 Å². The van der Waals surface area contributed by atoms with E-state index in [9.17, 15) is 9.59 Å². The van der Waals surface area contributed by atoms with Crippen LogP contribution in [0.5, 0.6) is 0 Å². The summed E-state index contributed by atoms with van der Waals surface area (Å²) in [5, 5.41) is 0. The molecule has 0 N–H and O–H groups in total. The van der Waals surface area contributed by atoms with Gasteiger partial charge in [-0.3, -0.25) is 19.5 Å². The molecule has 1 heterocycles. The summed E-state index contributed by atoms with van der Waals surface area (Å²) >= 11 is 0. The number of carbonyl (C=O) groups excluding carboxylic acids is 2. The Morgan fingerprint density at radius 2 is 2.14 bits per heavy atom. The van der Waals surface area contributed by atoms with Crippen LogP contribution < -0.4 is 0 Å². The summed E-state index contributed by atoms with van der Waals surface area (Å²) in [7, 11) is 3.35. The Morgan fingerprint density at radius 1 is 1.50 bits per heavy atom. The average molecular weight is 201 g/mol. The van der Waals surface area contributed by atoms with Gasteiger partial charge in [0.05, 0.1) is 13.3 Å². The molecule has 1 fully saturated rings. The number of carbonyl (C=O) groups is 2. The Hall–Kier alpha value is -1.14. The van der Waals surface area contributed by atoms with Crippen LogP contribution in [-0.2, 0) is 9.53 Å². The van der Waals surface area contributed by atoms with Gasteiger partial charge in [0.25, 0.3) is 0 Å². The van der Waals surface area contributed by atoms with Gasteiger partial charge in [-0.1, -0.05) is 0 Å². The number of hydrogen-bond acceptors (Lipinski definition) is 4. The van der Waals surface area contributed by atoms with E-state index in [1.165, 1.54) is 23.8 Å². The minimum atomic E-state index is -0.294. The fourth-order valence-electron chi connectivity index (χ4n) is 1.36. The van der Waals surface area contributed by atoms with Crippen LogP contribution >= 0.6 is 0 Å². The summed E-state index contributed by atoms with van der Waals surface area (Å²) in [6, 6.07) is -0.294. The molecule has 0 saturated carbocycles. The van der Waals surface area contributed by atoms with Crippen molar-refractivity contribution in [3.63, 3.8) is 0 Å². The smallest absolute Gasteiger partial charge is 0.330 e. The number of ether oxygens (including phenoxy) is 1. The van der Waals surface area contributed by atoms with Gasteiger partial charge in [-0.25, -0.2) is 4.79 Å². The molecular formula is C8H15N3O3. The van der Waals surface area contributed by atoms with Crippen LogP contribution in [0.15, 0.2) is 0 Å². The number of hydrogen-bond donors (Lipinski definition) is 0. The molecule has 80 valence electrons. The zero-order chi connectivity index (χ0) is 10.7. The van der Waals surface area contributed by atoms with Crippen LogP contribution in [0.25, 0.3) is 0 Å². The van der Waals surface area contributed by atoms with E-state index < -0.39 is 0 Å². The molecular weight excluding hydrogens is 186 g/mol. The summed E-state index contributed by atoms with van der Waals surface area (Å²) in [6.07, 6.45) is 0. The molecule has 0 atom stereocenters. The zero-order valence-electron chi connectivity index (χ0n) is 8.69. The standard InChI is InChI=1S/C8H15N3O3/c1-7(12)11-5-9(2)4-10(6-14-3)8(11)13/h4-6H2,1-3H3. The van der Waals surface area contributed by atoms with Gasteiger partial charge in [-0.05, 0) is 7.05 Å². The van der Waals surface area contributed by atoms with Gasteiger partial charge >= 0.3 is 6.03 Å². The molecule has 0 aromatic rings. The molecule has 1 aliphatic rings. The third-order valence-electron chi connectivity index (χ3n) is 1.96. The molecule has 0 unspecified atom stereocenters. The molecule has 0 aromatic heterocycles. The van der Waals surface area contributed by atoms with Gasteiger partial charge in [0, 0.05) is 14.0 Å². The highest BCUT2D eigenvalue weighted by atomic mass is 16.5. The van der Waals surface area contributed by atoms with Crippen molar-refractivity contribution in [1.82, 2.24) is 14.7 Å². The molecule has 6 heteroatoms. The van der Waals surface area contributed by atoms with Crippen molar-refractivity contribution in [3.05, 3.63) is 0 Å². The van der Waals surface area contributed by atoms with Crippen LogP contribution in [0.2, 0.25) is 0 Å². The maximum absolute atomic E-state index is 11.6. The summed E-state index contributed by atoms with van der Waals surface area (Å²) < 4.78 is 4.87. The third-order valence-corrected chi connectivity index (χ3v) is 1.96. The average Bonchev–Trinajstić information content (AvgIpc) is 2.10. The Kier molecular flexibility index (Phi) is 3.43. The third kappa shape index (κ3) is 2.21. The number of imide groups is 1. The van der Waals surface area contributed by atoms with Gasteiger partial charge in [0.2, 0.25) is 5.91 Å². The van der Waals surface area contributed by atoms with E-state index in [1.54, 1.807) is 0 Å². The van der Waals surface area contributed by atoms with Gasteiger partial charge in [0.1, 0.15) is 6.73 Å². The summed E-state index contributed by atoms with van der Waals surface area (Å²) in [6.45, 7) is 2.40. The minimum absolute atomic E-state index is 0.201. The first-order chi connectivity index (χ1) is 6.56. The van der Waals surface area contributed by atoms with Crippen molar-refractivity contribution in [2.24, 2.45) is 0 Å². The second-order valence-electron chi connectivity index (χ2n) is 3.33. The quantitative estimate of drug-likeness (QED) is 0.616. The highest BCUT2D eigenvalue weighted by Gasteiger charge is 2.30. The molecule has 6 nitrogen and oxygen atoms in total. The maximum Gasteiger partial charge on any atom is 0.330 e.